The van der Waals surface area contributed by atoms with Crippen molar-refractivity contribution in [3.8, 4) is 0 Å². The highest BCUT2D eigenvalue weighted by Crippen LogP contribution is 2.15. The average Bonchev–Trinajstić information content (AvgIpc) is 2.28. The summed E-state index contributed by atoms with van der Waals surface area (Å²) >= 11 is 0. The molecule has 2 heterocycles. The number of fused-ring (bicyclic) bond motifs is 1. The van der Waals surface area contributed by atoms with Crippen molar-refractivity contribution in [2.75, 3.05) is 11.1 Å². The molecule has 3 N–H and O–H groups in total. The molecule has 0 spiro atoms. The van der Waals surface area contributed by atoms with Crippen molar-refractivity contribution in [2.24, 2.45) is 5.92 Å². The Kier molecular flexibility index (Phi) is 2.91. The van der Waals surface area contributed by atoms with E-state index in [4.69, 9.17) is 5.73 Å². The van der Waals surface area contributed by atoms with E-state index in [9.17, 15) is 4.79 Å². The first-order chi connectivity index (χ1) is 8.06. The second-order valence-corrected chi connectivity index (χ2v) is 4.12. The third kappa shape index (κ3) is 2.50. The van der Waals surface area contributed by atoms with Gasteiger partial charge in [0, 0.05) is 11.3 Å². The lowest BCUT2D eigenvalue weighted by molar-refractivity contribution is -0.118. The number of carbonyl (C=O) groups is 1. The van der Waals surface area contributed by atoms with Gasteiger partial charge in [0.15, 0.2) is 5.65 Å². The fourth-order valence-electron chi connectivity index (χ4n) is 1.35. The highest BCUT2D eigenvalue weighted by Gasteiger charge is 2.08. The topological polar surface area (TPSA) is 80.9 Å². The van der Waals surface area contributed by atoms with Crippen LogP contribution in [-0.4, -0.2) is 15.9 Å². The largest absolute Gasteiger partial charge is 0.384 e. The molecule has 0 atom stereocenters. The van der Waals surface area contributed by atoms with Gasteiger partial charge in [0.25, 0.3) is 0 Å². The molecule has 88 valence electrons. The number of nitrogens with two attached hydrogens (primary N) is 1. The van der Waals surface area contributed by atoms with Crippen molar-refractivity contribution in [3.05, 3.63) is 24.3 Å². The van der Waals surface area contributed by atoms with Gasteiger partial charge in [-0.15, -0.1) is 0 Å². The Hall–Kier alpha value is -2.17. The minimum absolute atomic E-state index is 0.0687. The zero-order valence-electron chi connectivity index (χ0n) is 9.77. The Labute approximate surface area is 99.1 Å². The molecule has 1 amide bonds. The predicted molar refractivity (Wildman–Crippen MR) is 67.4 cm³/mol. The van der Waals surface area contributed by atoms with Crippen molar-refractivity contribution < 1.29 is 4.79 Å². The number of rotatable bonds is 2. The number of pyridine rings is 2. The molecule has 0 bridgehead atoms. The Morgan fingerprint density at radius 2 is 1.94 bits per heavy atom. The molecule has 0 unspecified atom stereocenters. The fourth-order valence-corrected chi connectivity index (χ4v) is 1.35. The van der Waals surface area contributed by atoms with Crippen LogP contribution in [0, 0.1) is 5.92 Å². The first-order valence-corrected chi connectivity index (χ1v) is 5.40. The molecule has 0 saturated heterocycles. The van der Waals surface area contributed by atoms with Crippen molar-refractivity contribution >= 4 is 28.6 Å². The summed E-state index contributed by atoms with van der Waals surface area (Å²) in [6.07, 6.45) is 0. The lowest BCUT2D eigenvalue weighted by Gasteiger charge is -2.07. The molecular formula is C12H14N4O. The monoisotopic (exact) mass is 230 g/mol. The van der Waals surface area contributed by atoms with Crippen LogP contribution >= 0.6 is 0 Å². The zero-order chi connectivity index (χ0) is 12.4. The quantitative estimate of drug-likeness (QED) is 0.824. The van der Waals surface area contributed by atoms with Gasteiger partial charge in [0.2, 0.25) is 5.91 Å². The summed E-state index contributed by atoms with van der Waals surface area (Å²) in [4.78, 5) is 19.9. The molecule has 0 saturated carbocycles. The second-order valence-electron chi connectivity index (χ2n) is 4.12. The van der Waals surface area contributed by atoms with Gasteiger partial charge < -0.3 is 11.1 Å². The lowest BCUT2D eigenvalue weighted by atomic mass is 10.2. The Balaban J connectivity index is 2.34. The van der Waals surface area contributed by atoms with Crippen LogP contribution in [0.1, 0.15) is 13.8 Å². The van der Waals surface area contributed by atoms with Crippen LogP contribution in [0.4, 0.5) is 11.6 Å². The Bertz CT molecular complexity index is 565. The molecule has 0 fully saturated rings. The molecule has 0 aliphatic carbocycles. The minimum Gasteiger partial charge on any atom is -0.384 e. The average molecular weight is 230 g/mol. The summed E-state index contributed by atoms with van der Waals surface area (Å²) in [6, 6.07) is 7.17. The van der Waals surface area contributed by atoms with E-state index in [2.05, 4.69) is 15.3 Å². The van der Waals surface area contributed by atoms with E-state index in [1.807, 2.05) is 26.0 Å². The second kappa shape index (κ2) is 4.37. The van der Waals surface area contributed by atoms with Crippen LogP contribution in [0.25, 0.3) is 11.0 Å². The number of anilines is 2. The molecular weight excluding hydrogens is 216 g/mol. The lowest BCUT2D eigenvalue weighted by Crippen LogP contribution is -2.18. The third-order valence-corrected chi connectivity index (χ3v) is 2.35. The number of nitrogen functional groups attached to an aromatic ring is 1. The van der Waals surface area contributed by atoms with Gasteiger partial charge >= 0.3 is 0 Å². The first kappa shape index (κ1) is 11.3. The molecule has 2 rings (SSSR count). The van der Waals surface area contributed by atoms with Gasteiger partial charge in [-0.2, -0.15) is 0 Å². The number of carbonyl (C=O) groups excluding carboxylic acids is 1. The summed E-state index contributed by atoms with van der Waals surface area (Å²) in [5.41, 5.74) is 6.12. The number of nitrogens with one attached hydrogen (secondary N) is 1. The first-order valence-electron chi connectivity index (χ1n) is 5.40. The van der Waals surface area contributed by atoms with Gasteiger partial charge in [0.05, 0.1) is 0 Å². The maximum absolute atomic E-state index is 11.5. The van der Waals surface area contributed by atoms with Crippen LogP contribution in [-0.2, 0) is 4.79 Å². The van der Waals surface area contributed by atoms with E-state index < -0.39 is 0 Å². The van der Waals surface area contributed by atoms with E-state index in [1.54, 1.807) is 12.1 Å². The zero-order valence-corrected chi connectivity index (χ0v) is 9.77. The van der Waals surface area contributed by atoms with E-state index in [-0.39, 0.29) is 11.8 Å². The van der Waals surface area contributed by atoms with Crippen LogP contribution in [0.2, 0.25) is 0 Å². The van der Waals surface area contributed by atoms with Crippen molar-refractivity contribution in [1.29, 1.82) is 0 Å². The molecule has 2 aromatic heterocycles. The molecule has 17 heavy (non-hydrogen) atoms. The number of nitrogens with zero attached hydrogens (tertiary/aromatic N) is 2. The summed E-state index contributed by atoms with van der Waals surface area (Å²) in [6.45, 7) is 3.65. The smallest absolute Gasteiger partial charge is 0.228 e. The highest BCUT2D eigenvalue weighted by atomic mass is 16.1. The van der Waals surface area contributed by atoms with Gasteiger partial charge in [-0.25, -0.2) is 9.97 Å². The Morgan fingerprint density at radius 3 is 2.65 bits per heavy atom. The maximum atomic E-state index is 11.5. The van der Waals surface area contributed by atoms with Gasteiger partial charge in [-0.3, -0.25) is 4.79 Å². The molecule has 5 heteroatoms. The van der Waals surface area contributed by atoms with Gasteiger partial charge in [-0.05, 0) is 24.3 Å². The summed E-state index contributed by atoms with van der Waals surface area (Å²) in [5.74, 6) is 0.758. The molecule has 2 aromatic rings. The molecule has 0 aromatic carbocycles. The predicted octanol–water partition coefficient (Wildman–Crippen LogP) is 1.81. The van der Waals surface area contributed by atoms with Gasteiger partial charge in [0.1, 0.15) is 11.6 Å². The van der Waals surface area contributed by atoms with Gasteiger partial charge in [-0.1, -0.05) is 13.8 Å². The van der Waals surface area contributed by atoms with E-state index in [0.29, 0.717) is 17.3 Å². The molecule has 0 radical (unpaired) electrons. The Morgan fingerprint density at radius 1 is 1.24 bits per heavy atom. The standard InChI is InChI=1S/C12H14N4O/c1-7(2)12(17)16-10-6-4-8-3-5-9(13)14-11(8)15-10/h3-7H,1-2H3,(H3,13,14,15,16,17). The van der Waals surface area contributed by atoms with Crippen molar-refractivity contribution in [2.45, 2.75) is 13.8 Å². The molecule has 5 nitrogen and oxygen atoms in total. The molecule has 0 aliphatic rings. The summed E-state index contributed by atoms with van der Waals surface area (Å²) in [7, 11) is 0. The van der Waals surface area contributed by atoms with E-state index in [0.717, 1.165) is 5.39 Å². The van der Waals surface area contributed by atoms with Crippen LogP contribution in [0.3, 0.4) is 0 Å². The van der Waals surface area contributed by atoms with E-state index in [1.165, 1.54) is 0 Å². The minimum atomic E-state index is -0.0821. The number of hydrogen-bond acceptors (Lipinski definition) is 4. The van der Waals surface area contributed by atoms with Crippen LogP contribution in [0.5, 0.6) is 0 Å². The van der Waals surface area contributed by atoms with Crippen LogP contribution in [0.15, 0.2) is 24.3 Å². The third-order valence-electron chi connectivity index (χ3n) is 2.35. The summed E-state index contributed by atoms with van der Waals surface area (Å²) < 4.78 is 0. The highest BCUT2D eigenvalue weighted by molar-refractivity contribution is 5.92. The van der Waals surface area contributed by atoms with Crippen molar-refractivity contribution in [3.63, 3.8) is 0 Å². The number of aromatic nitrogens is 2. The van der Waals surface area contributed by atoms with E-state index >= 15 is 0 Å². The normalized spacial score (nSPS) is 10.8. The number of hydrogen-bond donors (Lipinski definition) is 2. The SMILES string of the molecule is CC(C)C(=O)Nc1ccc2ccc(N)nc2n1. The van der Waals surface area contributed by atoms with Crippen molar-refractivity contribution in [1.82, 2.24) is 9.97 Å². The summed E-state index contributed by atoms with van der Waals surface area (Å²) in [5, 5.41) is 3.61. The number of amides is 1. The molecule has 0 aliphatic heterocycles. The fraction of sp³-hybridized carbons (Fsp3) is 0.250. The maximum Gasteiger partial charge on any atom is 0.228 e. The van der Waals surface area contributed by atoms with Crippen LogP contribution < -0.4 is 11.1 Å².